The van der Waals surface area contributed by atoms with Crippen molar-refractivity contribution in [3.63, 3.8) is 0 Å². The summed E-state index contributed by atoms with van der Waals surface area (Å²) in [6, 6.07) is 9.86. The Hall–Kier alpha value is -2.03. The van der Waals surface area contributed by atoms with E-state index in [1.54, 1.807) is 18.2 Å². The molecule has 6 nitrogen and oxygen atoms in total. The van der Waals surface area contributed by atoms with Crippen molar-refractivity contribution >= 4 is 34.0 Å². The molecule has 0 aliphatic heterocycles. The predicted molar refractivity (Wildman–Crippen MR) is 92.4 cm³/mol. The molecule has 2 N–H and O–H groups in total. The van der Waals surface area contributed by atoms with E-state index < -0.39 is 4.92 Å². The minimum atomic E-state index is -0.430. The first-order valence-corrected chi connectivity index (χ1v) is 7.71. The number of nitrogens with one attached hydrogen (secondary N) is 1. The number of nitrogens with zero attached hydrogens (tertiary/aromatic N) is 1. The van der Waals surface area contributed by atoms with Crippen molar-refractivity contribution in [1.82, 2.24) is 0 Å². The normalized spacial score (nSPS) is 10.3. The van der Waals surface area contributed by atoms with Gasteiger partial charge in [-0.25, -0.2) is 0 Å². The Morgan fingerprint density at radius 1 is 1.32 bits per heavy atom. The maximum atomic E-state index is 10.6. The van der Waals surface area contributed by atoms with E-state index in [4.69, 9.17) is 4.74 Å². The van der Waals surface area contributed by atoms with Crippen LogP contribution in [0, 0.1) is 13.7 Å². The fourth-order valence-corrected chi connectivity index (χ4v) is 2.57. The summed E-state index contributed by atoms with van der Waals surface area (Å²) in [5, 5.41) is 23.7. The third-order valence-corrected chi connectivity index (χ3v) is 3.79. The van der Waals surface area contributed by atoms with Crippen LogP contribution < -0.4 is 10.1 Å². The molecule has 0 aliphatic rings. The molecule has 0 amide bonds. The molecule has 0 saturated heterocycles. The highest BCUT2D eigenvalue weighted by atomic mass is 127. The molecular weight excluding hydrogens is 399 g/mol. The van der Waals surface area contributed by atoms with Gasteiger partial charge in [-0.3, -0.25) is 10.1 Å². The van der Waals surface area contributed by atoms with E-state index in [0.717, 1.165) is 11.3 Å². The van der Waals surface area contributed by atoms with E-state index in [-0.39, 0.29) is 11.4 Å². The van der Waals surface area contributed by atoms with Gasteiger partial charge in [0.25, 0.3) is 5.69 Å². The fraction of sp³-hybridized carbons (Fsp3) is 0.200. The van der Waals surface area contributed by atoms with E-state index in [0.29, 0.717) is 22.5 Å². The lowest BCUT2D eigenvalue weighted by atomic mass is 10.2. The third-order valence-electron chi connectivity index (χ3n) is 2.96. The molecule has 7 heteroatoms. The van der Waals surface area contributed by atoms with Gasteiger partial charge < -0.3 is 15.2 Å². The average Bonchev–Trinajstić information content (AvgIpc) is 2.50. The number of rotatable bonds is 6. The van der Waals surface area contributed by atoms with Crippen LogP contribution in [0.5, 0.6) is 11.5 Å². The number of hydrogen-bond acceptors (Lipinski definition) is 5. The van der Waals surface area contributed by atoms with Gasteiger partial charge in [-0.05, 0) is 59.3 Å². The second-order valence-corrected chi connectivity index (χ2v) is 5.68. The van der Waals surface area contributed by atoms with Gasteiger partial charge in [0.1, 0.15) is 0 Å². The summed E-state index contributed by atoms with van der Waals surface area (Å²) in [6.45, 7) is 2.85. The molecule has 2 aromatic carbocycles. The maximum Gasteiger partial charge on any atom is 0.269 e. The zero-order valence-corrected chi connectivity index (χ0v) is 14.0. The number of nitro benzene ring substituents is 1. The summed E-state index contributed by atoms with van der Waals surface area (Å²) in [6.07, 6.45) is 0. The Kier molecular flexibility index (Phi) is 5.42. The highest BCUT2D eigenvalue weighted by molar-refractivity contribution is 14.1. The Morgan fingerprint density at radius 2 is 2.00 bits per heavy atom. The van der Waals surface area contributed by atoms with E-state index in [9.17, 15) is 15.2 Å². The van der Waals surface area contributed by atoms with E-state index in [1.165, 1.54) is 12.1 Å². The molecule has 0 saturated carbocycles. The number of phenols is 1. The molecule has 0 atom stereocenters. The molecule has 116 valence electrons. The van der Waals surface area contributed by atoms with Crippen LogP contribution in [0.15, 0.2) is 36.4 Å². The molecule has 0 unspecified atom stereocenters. The van der Waals surface area contributed by atoms with Gasteiger partial charge in [0.05, 0.1) is 15.1 Å². The maximum absolute atomic E-state index is 10.6. The lowest BCUT2D eigenvalue weighted by Gasteiger charge is -2.11. The van der Waals surface area contributed by atoms with E-state index in [2.05, 4.69) is 5.32 Å². The summed E-state index contributed by atoms with van der Waals surface area (Å²) >= 11 is 2.05. The van der Waals surface area contributed by atoms with Crippen molar-refractivity contribution in [2.75, 3.05) is 11.9 Å². The molecule has 0 aliphatic carbocycles. The highest BCUT2D eigenvalue weighted by Crippen LogP contribution is 2.33. The topological polar surface area (TPSA) is 84.6 Å². The standard InChI is InChI=1S/C15H15IN2O4/c1-2-22-14-8-10(7-13(16)15(14)19)9-17-11-3-5-12(6-4-11)18(20)21/h3-8,17,19H,2,9H2,1H3. The Balaban J connectivity index is 2.09. The van der Waals surface area contributed by atoms with E-state index in [1.807, 2.05) is 35.6 Å². The number of halogens is 1. The van der Waals surface area contributed by atoms with Crippen LogP contribution in [-0.4, -0.2) is 16.6 Å². The first-order chi connectivity index (χ1) is 10.5. The van der Waals surface area contributed by atoms with Crippen molar-refractivity contribution in [3.8, 4) is 11.5 Å². The highest BCUT2D eigenvalue weighted by Gasteiger charge is 2.09. The van der Waals surface area contributed by atoms with Gasteiger partial charge in [0.2, 0.25) is 0 Å². The van der Waals surface area contributed by atoms with Gasteiger partial charge in [0.15, 0.2) is 11.5 Å². The number of ether oxygens (including phenoxy) is 1. The Labute approximate surface area is 141 Å². The van der Waals surface area contributed by atoms with Crippen molar-refractivity contribution in [1.29, 1.82) is 0 Å². The summed E-state index contributed by atoms with van der Waals surface area (Å²) in [5.41, 5.74) is 1.79. The average molecular weight is 414 g/mol. The lowest BCUT2D eigenvalue weighted by Crippen LogP contribution is -2.01. The third kappa shape index (κ3) is 4.00. The van der Waals surface area contributed by atoms with Crippen LogP contribution >= 0.6 is 22.6 Å². The van der Waals surface area contributed by atoms with E-state index >= 15 is 0 Å². The second-order valence-electron chi connectivity index (χ2n) is 4.51. The monoisotopic (exact) mass is 414 g/mol. The quantitative estimate of drug-likeness (QED) is 0.425. The van der Waals surface area contributed by atoms with Crippen LogP contribution in [0.1, 0.15) is 12.5 Å². The molecule has 2 aromatic rings. The number of benzene rings is 2. The summed E-state index contributed by atoms with van der Waals surface area (Å²) < 4.78 is 6.11. The van der Waals surface area contributed by atoms with Crippen LogP contribution in [-0.2, 0) is 6.54 Å². The molecular formula is C15H15IN2O4. The smallest absolute Gasteiger partial charge is 0.269 e. The number of nitro groups is 1. The first-order valence-electron chi connectivity index (χ1n) is 6.63. The molecule has 0 heterocycles. The van der Waals surface area contributed by atoms with Crippen LogP contribution in [0.2, 0.25) is 0 Å². The van der Waals surface area contributed by atoms with Crippen molar-refractivity contribution in [2.45, 2.75) is 13.5 Å². The van der Waals surface area contributed by atoms with Gasteiger partial charge in [-0.2, -0.15) is 0 Å². The van der Waals surface area contributed by atoms with Crippen LogP contribution in [0.3, 0.4) is 0 Å². The number of phenolic OH excluding ortho intramolecular Hbond substituents is 1. The van der Waals surface area contributed by atoms with Gasteiger partial charge >= 0.3 is 0 Å². The van der Waals surface area contributed by atoms with Gasteiger partial charge in [-0.15, -0.1) is 0 Å². The van der Waals surface area contributed by atoms with Crippen molar-refractivity contribution in [2.24, 2.45) is 0 Å². The van der Waals surface area contributed by atoms with Gasteiger partial charge in [-0.1, -0.05) is 0 Å². The fourth-order valence-electron chi connectivity index (χ4n) is 1.90. The number of non-ortho nitro benzene ring substituents is 1. The minimum absolute atomic E-state index is 0.0587. The van der Waals surface area contributed by atoms with Gasteiger partial charge in [0, 0.05) is 24.4 Å². The Bertz CT molecular complexity index is 674. The first kappa shape index (κ1) is 16.3. The zero-order chi connectivity index (χ0) is 16.1. The van der Waals surface area contributed by atoms with Crippen molar-refractivity contribution in [3.05, 3.63) is 55.6 Å². The predicted octanol–water partition coefficient (Wildman–Crippen LogP) is 3.92. The minimum Gasteiger partial charge on any atom is -0.504 e. The number of anilines is 1. The number of aromatic hydroxyl groups is 1. The molecule has 0 spiro atoms. The lowest BCUT2D eigenvalue weighted by molar-refractivity contribution is -0.384. The van der Waals surface area contributed by atoms with Crippen LogP contribution in [0.25, 0.3) is 0 Å². The molecule has 22 heavy (non-hydrogen) atoms. The molecule has 0 radical (unpaired) electrons. The second kappa shape index (κ2) is 7.30. The van der Waals surface area contributed by atoms with Crippen LogP contribution in [0.4, 0.5) is 11.4 Å². The molecule has 0 aromatic heterocycles. The summed E-state index contributed by atoms with van der Waals surface area (Å²) in [4.78, 5) is 10.2. The molecule has 2 rings (SSSR count). The largest absolute Gasteiger partial charge is 0.504 e. The Morgan fingerprint density at radius 3 is 2.59 bits per heavy atom. The summed E-state index contributed by atoms with van der Waals surface area (Å²) in [7, 11) is 0. The molecule has 0 fully saturated rings. The number of hydrogen-bond donors (Lipinski definition) is 2. The van der Waals surface area contributed by atoms with Crippen molar-refractivity contribution < 1.29 is 14.8 Å². The molecule has 0 bridgehead atoms. The zero-order valence-electron chi connectivity index (χ0n) is 11.9. The summed E-state index contributed by atoms with van der Waals surface area (Å²) in [5.74, 6) is 0.594. The SMILES string of the molecule is CCOc1cc(CNc2ccc([N+](=O)[O-])cc2)cc(I)c1O.